The number of alkyl halides is 3. The van der Waals surface area contributed by atoms with E-state index in [2.05, 4.69) is 36.2 Å². The number of oxazole rings is 1. The fraction of sp³-hybridized carbons (Fsp3) is 0.459. The Labute approximate surface area is 812 Å². The van der Waals surface area contributed by atoms with Gasteiger partial charge in [-0.05, 0) is 191 Å². The molecule has 7 heterocycles. The molecule has 6 atom stereocenters. The van der Waals surface area contributed by atoms with E-state index in [-0.39, 0.29) is 131 Å². The third-order valence-corrected chi connectivity index (χ3v) is 25.2. The molecule has 3 aromatic heterocycles. The molecule has 4 saturated heterocycles. The molecule has 0 spiro atoms. The fourth-order valence-electron chi connectivity index (χ4n) is 16.1. The highest BCUT2D eigenvalue weighted by molar-refractivity contribution is 7.81. The smallest absolute Gasteiger partial charge is 0.419 e. The monoisotopic (exact) mass is 1970 g/mol. The van der Waals surface area contributed by atoms with E-state index < -0.39 is 92.9 Å². The number of unbranched alkanes of at least 4 members (excludes halogenated alkanes) is 2. The van der Waals surface area contributed by atoms with E-state index in [1.54, 1.807) is 63.7 Å². The van der Waals surface area contributed by atoms with Crippen LogP contribution in [0.25, 0.3) is 21.8 Å². The fourth-order valence-corrected chi connectivity index (χ4v) is 18.0. The van der Waals surface area contributed by atoms with Crippen LogP contribution in [-0.4, -0.2) is 197 Å². The number of likely N-dealkylation sites (tertiary alicyclic amines) is 2. The van der Waals surface area contributed by atoms with Gasteiger partial charge in [0.25, 0.3) is 11.8 Å². The van der Waals surface area contributed by atoms with Crippen LogP contribution in [0, 0.1) is 57.0 Å². The second-order valence-corrected chi connectivity index (χ2v) is 39.0. The summed E-state index contributed by atoms with van der Waals surface area (Å²) in [6, 6.07) is 29.4. The lowest BCUT2D eigenvalue weighted by Crippen LogP contribution is -2.58. The number of carbonyl (C=O) groups excluding carboxylic acids is 8. The van der Waals surface area contributed by atoms with Crippen LogP contribution in [0.4, 0.5) is 44.7 Å². The molecule has 0 saturated carbocycles. The first-order valence-corrected chi connectivity index (χ1v) is 47.0. The summed E-state index contributed by atoms with van der Waals surface area (Å²) in [5.41, 5.74) is 0.419. The van der Waals surface area contributed by atoms with Gasteiger partial charge in [-0.15, -0.1) is 11.3 Å². The van der Waals surface area contributed by atoms with Gasteiger partial charge in [-0.2, -0.15) is 23.7 Å². The van der Waals surface area contributed by atoms with Crippen molar-refractivity contribution >= 4 is 128 Å². The van der Waals surface area contributed by atoms with Gasteiger partial charge in [0.05, 0.1) is 63.5 Å². The number of nitrogens with one attached hydrogen (secondary N) is 4. The Morgan fingerprint density at radius 1 is 0.562 bits per heavy atom. The Kier molecular flexibility index (Phi) is 36.1. The maximum atomic E-state index is 15.3. The van der Waals surface area contributed by atoms with E-state index in [4.69, 9.17) is 74.1 Å². The Morgan fingerprint density at radius 3 is 1.42 bits per heavy atom. The molecule has 4 fully saturated rings. The highest BCUT2D eigenvalue weighted by Crippen LogP contribution is 2.43. The molecule has 30 nitrogen and oxygen atoms in total. The number of thiazole rings is 1. The van der Waals surface area contributed by atoms with E-state index >= 15 is 8.78 Å². The number of nitrogens with zero attached hydrogens (tertiary/aromatic N) is 11. The third kappa shape index (κ3) is 26.9. The molecular formula is C98H113ClF5N15O15S3. The van der Waals surface area contributed by atoms with Crippen LogP contribution in [0.1, 0.15) is 162 Å². The van der Waals surface area contributed by atoms with Crippen molar-refractivity contribution < 1.29 is 93.1 Å². The number of aromatic nitrogens is 3. The van der Waals surface area contributed by atoms with Gasteiger partial charge < -0.3 is 73.7 Å². The second-order valence-electron chi connectivity index (χ2n) is 37.0. The Hall–Kier alpha value is -12.0. The highest BCUT2D eigenvalue weighted by atomic mass is 35.5. The zero-order chi connectivity index (χ0) is 99.4. The van der Waals surface area contributed by atoms with Crippen LogP contribution in [0.15, 0.2) is 144 Å². The Bertz CT molecular complexity index is 5720. The normalized spacial score (nSPS) is 17.4. The van der Waals surface area contributed by atoms with Gasteiger partial charge in [0.2, 0.25) is 35.4 Å². The lowest BCUT2D eigenvalue weighted by Gasteiger charge is -2.35. The molecule has 4 aliphatic rings. The summed E-state index contributed by atoms with van der Waals surface area (Å²) in [5.74, 6) is -3.53. The van der Waals surface area contributed by atoms with E-state index in [0.29, 0.717) is 121 Å². The number of nitriles is 2. The second kappa shape index (κ2) is 46.9. The van der Waals surface area contributed by atoms with E-state index in [0.717, 1.165) is 44.3 Å². The molecule has 0 unspecified atom stereocenters. The van der Waals surface area contributed by atoms with Crippen LogP contribution < -0.4 is 50.3 Å². The molecule has 8 amide bonds. The lowest BCUT2D eigenvalue weighted by molar-refractivity contribution is -0.144. The van der Waals surface area contributed by atoms with Gasteiger partial charge >= 0.3 is 6.18 Å². The molecule has 5 aromatic carbocycles. The highest BCUT2D eigenvalue weighted by Gasteiger charge is 2.54. The minimum atomic E-state index is -4.91. The van der Waals surface area contributed by atoms with E-state index in [1.807, 2.05) is 116 Å². The van der Waals surface area contributed by atoms with Crippen molar-refractivity contribution in [2.24, 2.45) is 22.7 Å². The van der Waals surface area contributed by atoms with Crippen LogP contribution in [0.2, 0.25) is 5.02 Å². The number of hydrogen-bond acceptors (Lipinski definition) is 23. The molecule has 4 N–H and O–H groups in total. The van der Waals surface area contributed by atoms with Crippen LogP contribution >= 0.6 is 47.4 Å². The topological polar surface area (TPSA) is 359 Å². The van der Waals surface area contributed by atoms with Gasteiger partial charge in [0.1, 0.15) is 60.6 Å². The minimum absolute atomic E-state index is 0.0573. The minimum Gasteiger partial charge on any atom is -0.491 e. The summed E-state index contributed by atoms with van der Waals surface area (Å²) >= 11 is 19.0. The molecule has 0 bridgehead atoms. The molecule has 12 rings (SSSR count). The summed E-state index contributed by atoms with van der Waals surface area (Å²) in [6.45, 7) is 25.0. The molecule has 137 heavy (non-hydrogen) atoms. The maximum Gasteiger partial charge on any atom is 0.419 e. The predicted octanol–water partition coefficient (Wildman–Crippen LogP) is 15.4. The number of rotatable bonds is 40. The number of carbonyl (C=O) groups is 8. The number of anilines is 4. The van der Waals surface area contributed by atoms with Crippen molar-refractivity contribution in [3.8, 4) is 45.4 Å². The van der Waals surface area contributed by atoms with Crippen molar-refractivity contribution in [3.63, 3.8) is 0 Å². The van der Waals surface area contributed by atoms with Gasteiger partial charge in [0.15, 0.2) is 51.2 Å². The molecule has 4 aliphatic heterocycles. The molecule has 8 aromatic rings. The number of benzene rings is 5. The van der Waals surface area contributed by atoms with Gasteiger partial charge in [0, 0.05) is 101 Å². The zero-order valence-electron chi connectivity index (χ0n) is 78.3. The van der Waals surface area contributed by atoms with Gasteiger partial charge in [-0.3, -0.25) is 53.1 Å². The first kappa shape index (κ1) is 105. The van der Waals surface area contributed by atoms with Gasteiger partial charge in [-0.1, -0.05) is 116 Å². The van der Waals surface area contributed by atoms with Crippen LogP contribution in [0.5, 0.6) is 11.5 Å². The van der Waals surface area contributed by atoms with E-state index in [1.165, 1.54) is 72.5 Å². The van der Waals surface area contributed by atoms with E-state index in [9.17, 15) is 56.8 Å². The quantitative estimate of drug-likeness (QED) is 0.0157. The van der Waals surface area contributed by atoms with Crippen molar-refractivity contribution in [1.82, 2.24) is 46.0 Å². The van der Waals surface area contributed by atoms with Gasteiger partial charge in [-0.25, -0.2) is 18.7 Å². The largest absolute Gasteiger partial charge is 0.491 e. The summed E-state index contributed by atoms with van der Waals surface area (Å²) in [4.78, 5) is 129. The Morgan fingerprint density at radius 2 is 1.01 bits per heavy atom. The molecular weight excluding hydrogens is 1850 g/mol. The summed E-state index contributed by atoms with van der Waals surface area (Å²) in [6.07, 6.45) is 5.30. The first-order valence-electron chi connectivity index (χ1n) is 44.9. The average Bonchev–Trinajstić information content (AvgIpc) is 1.59. The summed E-state index contributed by atoms with van der Waals surface area (Å²) < 4.78 is 111. The number of amides is 8. The summed E-state index contributed by atoms with van der Waals surface area (Å²) in [5, 5.41) is 30.2. The predicted molar refractivity (Wildman–Crippen MR) is 513 cm³/mol. The SMILES string of the molecule is C[C@@H]1C[C@@H](C(=O)NCc2ccc(-c3cnco3)cc2)N(C(=O)[C@@H](NC(=O)COCCCOCCCCOc2ccc(N3C(=S)N(c4cnc(C#N)c(C(F)(F)F)c4)C(=O)C3(C)C)cc2F)C(C)(C)C)C1.C[C@@H]1C[C@@H](C(=O)NCc2ccc(-c3cncs3)cc2)N(C(=O)[C@@H](NC(=O)COCCCOCCCCOc2ccc(N3C(=S)N(c4ccc(C#N)c(Cl)c4)C(=O)C3(C)C)cc2F)C(C)(C)C)C1. The number of ether oxygens (including phenoxy) is 6. The standard InChI is InChI=1S/C49H57ClFN7O7S2.C49H56F4N8O8S/c1-31-22-39(44(60)54-26-32-10-12-33(13-11-32)41-27-53-30-67-41)56(28-31)45(61)43(48(2,3)4)55-42(59)29-64-20-9-19-63-18-7-8-21-65-40-17-16-36(24-38(40)51)58-47(66)57(46(62)49(58,5)6)35-15-14-34(25-52)37(50)23-35;1-30-20-38(43(63)57-24-31-10-12-32(13-11-31)40-26-55-29-69-40)59(27-30)44(64)42(47(2,3)4)58-41(62)28-67-18-9-17-66-16-7-8-19-68-39-15-14-33(22-36(39)50)61-46(70)60(45(65)48(61,5)6)34-21-35(49(51,52)53)37(23-54)56-25-34/h10-17,23-24,27,30-31,39,43H,7-9,18-22,26,28-29H2,1-6H3,(H,54,60)(H,55,59);10-15,21-22,25-26,29-30,38,42H,7-9,16-20,24,27-28H2,1-6H3,(H,57,63)(H,58,62)/t31-,39+,43-;30-,38+,42-/m11/s1. The van der Waals surface area contributed by atoms with Crippen LogP contribution in [-0.2, 0) is 76.6 Å². The third-order valence-electron chi connectivity index (χ3n) is 23.4. The van der Waals surface area contributed by atoms with Crippen molar-refractivity contribution in [2.75, 3.05) is 98.8 Å². The first-order chi connectivity index (χ1) is 65.0. The number of halogens is 6. The van der Waals surface area contributed by atoms with Crippen molar-refractivity contribution in [1.29, 1.82) is 10.5 Å². The molecule has 0 aliphatic carbocycles. The Balaban J connectivity index is 0.000000263. The summed E-state index contributed by atoms with van der Waals surface area (Å²) in [7, 11) is 0. The molecule has 39 heteroatoms. The zero-order valence-corrected chi connectivity index (χ0v) is 81.5. The number of pyridine rings is 1. The maximum absolute atomic E-state index is 15.3. The van der Waals surface area contributed by atoms with Crippen molar-refractivity contribution in [2.45, 2.75) is 189 Å². The molecule has 730 valence electrons. The van der Waals surface area contributed by atoms with Crippen molar-refractivity contribution in [3.05, 3.63) is 184 Å². The number of hydrogen-bond donors (Lipinski definition) is 4. The lowest BCUT2D eigenvalue weighted by atomic mass is 9.85. The molecule has 0 radical (unpaired) electrons. The van der Waals surface area contributed by atoms with Crippen LogP contribution in [0.3, 0.4) is 0 Å². The average molecular weight is 1970 g/mol. The number of thiocarbonyl (C=S) groups is 2.